The van der Waals surface area contributed by atoms with E-state index in [0.29, 0.717) is 31.7 Å². The Morgan fingerprint density at radius 2 is 1.91 bits per heavy atom. The number of carbonyl (C=O) groups is 2. The highest BCUT2D eigenvalue weighted by atomic mass is 35.5. The first-order valence-corrected chi connectivity index (χ1v) is 11.6. The van der Waals surface area contributed by atoms with Gasteiger partial charge in [-0.25, -0.2) is 4.98 Å². The Morgan fingerprint density at radius 3 is 2.55 bits per heavy atom. The maximum atomic E-state index is 13.8. The van der Waals surface area contributed by atoms with Crippen LogP contribution in [-0.4, -0.2) is 63.3 Å². The molecule has 7 nitrogen and oxygen atoms in total. The van der Waals surface area contributed by atoms with Gasteiger partial charge in [0.15, 0.2) is 11.3 Å². The Kier molecular flexibility index (Phi) is 5.76. The number of nitrogens with zero attached hydrogens (tertiary/aromatic N) is 4. The lowest BCUT2D eigenvalue weighted by Gasteiger charge is -2.37. The smallest absolute Gasteiger partial charge is 0.373 e. The molecule has 2 aliphatic heterocycles. The number of halogens is 4. The second-order valence-electron chi connectivity index (χ2n) is 8.88. The van der Waals surface area contributed by atoms with E-state index in [0.717, 1.165) is 42.6 Å². The zero-order valence-corrected chi connectivity index (χ0v) is 18.7. The lowest BCUT2D eigenvalue weighted by molar-refractivity contribution is -0.137. The molecule has 33 heavy (non-hydrogen) atoms. The van der Waals surface area contributed by atoms with Crippen molar-refractivity contribution >= 4 is 29.1 Å². The fourth-order valence-electron chi connectivity index (χ4n) is 5.11. The average Bonchev–Trinajstić information content (AvgIpc) is 3.54. The molecule has 1 atom stereocenters. The van der Waals surface area contributed by atoms with E-state index in [9.17, 15) is 22.8 Å². The predicted octanol–water partition coefficient (Wildman–Crippen LogP) is 4.09. The minimum absolute atomic E-state index is 0.132. The third-order valence-electron chi connectivity index (χ3n) is 6.80. The van der Waals surface area contributed by atoms with E-state index in [4.69, 9.17) is 16.3 Å². The molecule has 3 aliphatic rings. The van der Waals surface area contributed by atoms with Crippen molar-refractivity contribution in [3.05, 3.63) is 34.2 Å². The van der Waals surface area contributed by atoms with Crippen molar-refractivity contribution in [1.82, 2.24) is 19.2 Å². The molecule has 2 aromatic rings. The van der Waals surface area contributed by atoms with Crippen molar-refractivity contribution < 1.29 is 27.5 Å². The summed E-state index contributed by atoms with van der Waals surface area (Å²) in [6.07, 6.45) is 1.77. The highest BCUT2D eigenvalue weighted by Gasteiger charge is 2.39. The molecule has 1 aliphatic carbocycles. The number of amides is 2. The second kappa shape index (κ2) is 8.47. The number of rotatable bonds is 3. The van der Waals surface area contributed by atoms with Crippen LogP contribution in [0.4, 0.5) is 13.2 Å². The number of fused-ring (bicyclic) bond motifs is 1. The van der Waals surface area contributed by atoms with Crippen LogP contribution in [0.25, 0.3) is 5.65 Å². The number of ether oxygens (including phenoxy) is 1. The zero-order chi connectivity index (χ0) is 23.3. The summed E-state index contributed by atoms with van der Waals surface area (Å²) in [5, 5.41) is -0.203. The van der Waals surface area contributed by atoms with E-state index >= 15 is 0 Å². The molecule has 4 heterocycles. The fourth-order valence-corrected chi connectivity index (χ4v) is 5.36. The molecule has 11 heteroatoms. The van der Waals surface area contributed by atoms with Crippen LogP contribution in [0.3, 0.4) is 0 Å². The van der Waals surface area contributed by atoms with Crippen molar-refractivity contribution in [2.75, 3.05) is 26.2 Å². The summed E-state index contributed by atoms with van der Waals surface area (Å²) in [6.45, 7) is 1.04. The monoisotopic (exact) mass is 484 g/mol. The summed E-state index contributed by atoms with van der Waals surface area (Å²) in [5.41, 5.74) is -1.35. The van der Waals surface area contributed by atoms with Gasteiger partial charge in [0.1, 0.15) is 11.7 Å². The number of hydrogen-bond acceptors (Lipinski definition) is 4. The Balaban J connectivity index is 1.46. The van der Waals surface area contributed by atoms with Gasteiger partial charge in [0.05, 0.1) is 11.7 Å². The highest BCUT2D eigenvalue weighted by molar-refractivity contribution is 6.33. The number of hydrogen-bond donors (Lipinski definition) is 0. The maximum Gasteiger partial charge on any atom is 0.419 e. The Labute approximate surface area is 193 Å². The third-order valence-corrected chi connectivity index (χ3v) is 7.16. The number of carbonyl (C=O) groups excluding carboxylic acids is 2. The Morgan fingerprint density at radius 1 is 1.15 bits per heavy atom. The summed E-state index contributed by atoms with van der Waals surface area (Å²) in [7, 11) is 0. The molecule has 0 radical (unpaired) electrons. The summed E-state index contributed by atoms with van der Waals surface area (Å²) < 4.78 is 48.2. The SMILES string of the molecule is O=C(c1nc2c(C(F)(F)F)cc(C3CCCO3)cn2c1Cl)N1CCN(C2CCCC2)C(=O)C1. The van der Waals surface area contributed by atoms with Gasteiger partial charge in [0, 0.05) is 31.9 Å². The topological polar surface area (TPSA) is 67.2 Å². The maximum absolute atomic E-state index is 13.8. The zero-order valence-electron chi connectivity index (χ0n) is 17.9. The highest BCUT2D eigenvalue weighted by Crippen LogP contribution is 2.38. The van der Waals surface area contributed by atoms with Crippen LogP contribution >= 0.6 is 11.6 Å². The Hall–Kier alpha value is -2.33. The molecule has 3 fully saturated rings. The molecule has 1 unspecified atom stereocenters. The molecule has 0 aromatic carbocycles. The van der Waals surface area contributed by atoms with Gasteiger partial charge in [-0.05, 0) is 37.3 Å². The van der Waals surface area contributed by atoms with E-state index in [1.807, 2.05) is 4.90 Å². The van der Waals surface area contributed by atoms with Gasteiger partial charge in [-0.1, -0.05) is 24.4 Å². The van der Waals surface area contributed by atoms with E-state index in [2.05, 4.69) is 4.98 Å². The number of aromatic nitrogens is 2. The number of imidazole rings is 1. The third kappa shape index (κ3) is 4.07. The molecule has 0 bridgehead atoms. The summed E-state index contributed by atoms with van der Waals surface area (Å²) in [6, 6.07) is 1.23. The van der Waals surface area contributed by atoms with Crippen LogP contribution < -0.4 is 0 Å². The van der Waals surface area contributed by atoms with Crippen LogP contribution in [0, 0.1) is 0 Å². The van der Waals surface area contributed by atoms with Gasteiger partial charge in [-0.3, -0.25) is 14.0 Å². The minimum Gasteiger partial charge on any atom is -0.373 e. The van der Waals surface area contributed by atoms with Gasteiger partial charge in [0.2, 0.25) is 5.91 Å². The molecule has 5 rings (SSSR count). The molecule has 1 saturated carbocycles. The molecule has 2 saturated heterocycles. The molecular formula is C22H24ClF3N4O3. The number of piperazine rings is 1. The summed E-state index contributed by atoms with van der Waals surface area (Å²) in [4.78, 5) is 33.0. The number of pyridine rings is 1. The van der Waals surface area contributed by atoms with Crippen molar-refractivity contribution in [2.24, 2.45) is 0 Å². The van der Waals surface area contributed by atoms with Gasteiger partial charge in [-0.2, -0.15) is 13.2 Å². The van der Waals surface area contributed by atoms with Crippen LogP contribution in [0.15, 0.2) is 12.3 Å². The average molecular weight is 485 g/mol. The summed E-state index contributed by atoms with van der Waals surface area (Å²) >= 11 is 6.39. The first-order valence-electron chi connectivity index (χ1n) is 11.2. The van der Waals surface area contributed by atoms with Gasteiger partial charge < -0.3 is 14.5 Å². The predicted molar refractivity (Wildman–Crippen MR) is 113 cm³/mol. The normalized spacial score (nSPS) is 22.7. The molecule has 0 N–H and O–H groups in total. The molecule has 0 spiro atoms. The lowest BCUT2D eigenvalue weighted by atomic mass is 10.1. The molecule has 2 aromatic heterocycles. The van der Waals surface area contributed by atoms with Gasteiger partial charge in [-0.15, -0.1) is 0 Å². The molecule has 2 amide bonds. The lowest BCUT2D eigenvalue weighted by Crippen LogP contribution is -2.55. The van der Waals surface area contributed by atoms with Crippen LogP contribution in [0.2, 0.25) is 5.15 Å². The molecular weight excluding hydrogens is 461 g/mol. The second-order valence-corrected chi connectivity index (χ2v) is 9.24. The van der Waals surface area contributed by atoms with Crippen LogP contribution in [0.1, 0.15) is 66.2 Å². The standard InChI is InChI=1S/C22H24ClF3N4O3/c23-19-18(21(32)28-7-8-29(17(31)12-28)14-4-1-2-5-14)27-20-15(22(24,25)26)10-13(11-30(19)20)16-6-3-9-33-16/h10-11,14,16H,1-9,12H2. The molecule has 178 valence electrons. The van der Waals surface area contributed by atoms with Crippen molar-refractivity contribution in [2.45, 2.75) is 56.8 Å². The van der Waals surface area contributed by atoms with Crippen LogP contribution in [-0.2, 0) is 15.7 Å². The Bertz CT molecular complexity index is 1090. The van der Waals surface area contributed by atoms with E-state index < -0.39 is 29.4 Å². The largest absolute Gasteiger partial charge is 0.419 e. The van der Waals surface area contributed by atoms with E-state index in [1.165, 1.54) is 11.1 Å². The van der Waals surface area contributed by atoms with Crippen molar-refractivity contribution in [3.8, 4) is 0 Å². The first-order chi connectivity index (χ1) is 15.7. The van der Waals surface area contributed by atoms with Crippen molar-refractivity contribution in [3.63, 3.8) is 0 Å². The van der Waals surface area contributed by atoms with Crippen molar-refractivity contribution in [1.29, 1.82) is 0 Å². The van der Waals surface area contributed by atoms with Gasteiger partial charge >= 0.3 is 6.18 Å². The van der Waals surface area contributed by atoms with Gasteiger partial charge in [0.25, 0.3) is 5.91 Å². The summed E-state index contributed by atoms with van der Waals surface area (Å²) in [5.74, 6) is -0.798. The minimum atomic E-state index is -4.69. The van der Waals surface area contributed by atoms with E-state index in [1.54, 1.807) is 0 Å². The number of alkyl halides is 3. The van der Waals surface area contributed by atoms with E-state index in [-0.39, 0.29) is 29.3 Å². The first kappa shape index (κ1) is 22.5. The van der Waals surface area contributed by atoms with Crippen LogP contribution in [0.5, 0.6) is 0 Å². The fraction of sp³-hybridized carbons (Fsp3) is 0.591. The quantitative estimate of drug-likeness (QED) is 0.658.